The van der Waals surface area contributed by atoms with E-state index in [0.717, 1.165) is 0 Å². The zero-order chi connectivity index (χ0) is 13.2. The summed E-state index contributed by atoms with van der Waals surface area (Å²) in [4.78, 5) is 0. The molecule has 0 unspecified atom stereocenters. The molecule has 0 amide bonds. The van der Waals surface area contributed by atoms with E-state index in [1.54, 1.807) is 0 Å². The average molecular weight is 301 g/mol. The van der Waals surface area contributed by atoms with E-state index in [4.69, 9.17) is 31.8 Å². The first-order chi connectivity index (χ1) is 7.80. The number of benzene rings is 1. The number of ether oxygens (including phenoxy) is 2. The molecule has 1 N–H and O–H groups in total. The smallest absolute Gasteiger partial charge is 0.236 e. The molecule has 5 nitrogen and oxygen atoms in total. The molecule has 8 heteroatoms. The van der Waals surface area contributed by atoms with Crippen molar-refractivity contribution < 1.29 is 23.0 Å². The number of phenolic OH excluding ortho intramolecular Hbond substituents is 1. The minimum absolute atomic E-state index is 0.0284. The number of methoxy groups -OCH3 is 2. The topological polar surface area (TPSA) is 72.8 Å². The summed E-state index contributed by atoms with van der Waals surface area (Å²) in [5.74, 6) is -0.579. The van der Waals surface area contributed by atoms with Crippen LogP contribution in [0.25, 0.3) is 0 Å². The van der Waals surface area contributed by atoms with Gasteiger partial charge in [0.2, 0.25) is 9.05 Å². The maximum atomic E-state index is 11.0. The molecular weight excluding hydrogens is 291 g/mol. The number of hydrogen-bond acceptors (Lipinski definition) is 5. The van der Waals surface area contributed by atoms with Crippen LogP contribution in [-0.4, -0.2) is 27.7 Å². The molecular formula is C9H10Cl2O5S. The summed E-state index contributed by atoms with van der Waals surface area (Å²) in [6.45, 7) is 0. The standard InChI is InChI=1S/C9H10Cl2O5S/c1-15-7-3-6(12)5(4-17(11,13)14)8(10)9(7)16-2/h3,12H,4H2,1-2H3. The van der Waals surface area contributed by atoms with Crippen LogP contribution in [0.3, 0.4) is 0 Å². The summed E-state index contributed by atoms with van der Waals surface area (Å²) in [5, 5.41) is 9.60. The highest BCUT2D eigenvalue weighted by Gasteiger charge is 2.21. The quantitative estimate of drug-likeness (QED) is 0.862. The van der Waals surface area contributed by atoms with Gasteiger partial charge in [0.05, 0.1) is 25.0 Å². The molecule has 0 saturated carbocycles. The van der Waals surface area contributed by atoms with Gasteiger partial charge in [-0.3, -0.25) is 0 Å². The van der Waals surface area contributed by atoms with Crippen LogP contribution in [0.4, 0.5) is 0 Å². The molecule has 1 rings (SSSR count). The van der Waals surface area contributed by atoms with Crippen molar-refractivity contribution in [2.45, 2.75) is 5.75 Å². The molecule has 0 aliphatic rings. The van der Waals surface area contributed by atoms with Crippen LogP contribution in [0.1, 0.15) is 5.56 Å². The fourth-order valence-corrected chi connectivity index (χ4v) is 2.66. The van der Waals surface area contributed by atoms with Crippen molar-refractivity contribution in [1.82, 2.24) is 0 Å². The van der Waals surface area contributed by atoms with E-state index in [9.17, 15) is 13.5 Å². The van der Waals surface area contributed by atoms with E-state index >= 15 is 0 Å². The highest BCUT2D eigenvalue weighted by atomic mass is 35.7. The van der Waals surface area contributed by atoms with Gasteiger partial charge in [0.25, 0.3) is 0 Å². The van der Waals surface area contributed by atoms with Crippen molar-refractivity contribution in [3.63, 3.8) is 0 Å². The fraction of sp³-hybridized carbons (Fsp3) is 0.333. The van der Waals surface area contributed by atoms with Crippen molar-refractivity contribution in [3.05, 3.63) is 16.7 Å². The lowest BCUT2D eigenvalue weighted by molar-refractivity contribution is 0.351. The van der Waals surface area contributed by atoms with E-state index < -0.39 is 14.8 Å². The molecule has 0 aliphatic heterocycles. The molecule has 0 bridgehead atoms. The van der Waals surface area contributed by atoms with E-state index in [0.29, 0.717) is 0 Å². The van der Waals surface area contributed by atoms with E-state index in [1.807, 2.05) is 0 Å². The summed E-state index contributed by atoms with van der Waals surface area (Å²) in [5.41, 5.74) is -0.0284. The molecule has 0 radical (unpaired) electrons. The van der Waals surface area contributed by atoms with Gasteiger partial charge in [-0.05, 0) is 0 Å². The molecule has 17 heavy (non-hydrogen) atoms. The number of halogens is 2. The Labute approximate surface area is 108 Å². The predicted octanol–water partition coefficient (Wildman–Crippen LogP) is 2.13. The average Bonchev–Trinajstić information content (AvgIpc) is 2.22. The number of hydrogen-bond donors (Lipinski definition) is 1. The van der Waals surface area contributed by atoms with Crippen molar-refractivity contribution in [2.75, 3.05) is 14.2 Å². The van der Waals surface area contributed by atoms with Crippen LogP contribution in [-0.2, 0) is 14.8 Å². The molecule has 0 heterocycles. The minimum atomic E-state index is -3.84. The van der Waals surface area contributed by atoms with Gasteiger partial charge >= 0.3 is 0 Å². The Kier molecular flexibility index (Phi) is 4.35. The molecule has 1 aromatic rings. The van der Waals surface area contributed by atoms with Crippen molar-refractivity contribution in [2.24, 2.45) is 0 Å². The predicted molar refractivity (Wildman–Crippen MR) is 64.7 cm³/mol. The summed E-state index contributed by atoms with van der Waals surface area (Å²) in [7, 11) is 3.99. The Morgan fingerprint density at radius 3 is 2.35 bits per heavy atom. The van der Waals surface area contributed by atoms with Crippen LogP contribution < -0.4 is 9.47 Å². The Hall–Kier alpha value is -0.850. The van der Waals surface area contributed by atoms with Crippen molar-refractivity contribution >= 4 is 31.3 Å². The molecule has 0 saturated heterocycles. The second kappa shape index (κ2) is 5.20. The first-order valence-corrected chi connectivity index (χ1v) is 7.20. The Bertz CT molecular complexity index is 527. The lowest BCUT2D eigenvalue weighted by Crippen LogP contribution is -2.00. The molecule has 0 aromatic heterocycles. The first-order valence-electron chi connectivity index (χ1n) is 4.34. The normalized spacial score (nSPS) is 11.3. The van der Waals surface area contributed by atoms with Crippen LogP contribution in [0.2, 0.25) is 5.02 Å². The Balaban J connectivity index is 3.42. The van der Waals surface area contributed by atoms with Gasteiger partial charge in [-0.25, -0.2) is 8.42 Å². The second-order valence-corrected chi connectivity index (χ2v) is 6.26. The van der Waals surface area contributed by atoms with E-state index in [2.05, 4.69) is 0 Å². The Morgan fingerprint density at radius 2 is 1.94 bits per heavy atom. The Morgan fingerprint density at radius 1 is 1.35 bits per heavy atom. The number of rotatable bonds is 4. The van der Waals surface area contributed by atoms with Crippen LogP contribution in [0.5, 0.6) is 17.2 Å². The zero-order valence-electron chi connectivity index (χ0n) is 9.03. The third-order valence-corrected chi connectivity index (χ3v) is 3.37. The molecule has 0 atom stereocenters. The third-order valence-electron chi connectivity index (χ3n) is 2.01. The number of phenols is 1. The summed E-state index contributed by atoms with van der Waals surface area (Å²) >= 11 is 5.92. The first kappa shape index (κ1) is 14.2. The van der Waals surface area contributed by atoms with E-state index in [1.165, 1.54) is 20.3 Å². The summed E-state index contributed by atoms with van der Waals surface area (Å²) in [6.07, 6.45) is 0. The summed E-state index contributed by atoms with van der Waals surface area (Å²) in [6, 6.07) is 1.21. The zero-order valence-corrected chi connectivity index (χ0v) is 11.4. The number of aromatic hydroxyl groups is 1. The van der Waals surface area contributed by atoms with Gasteiger partial charge in [-0.2, -0.15) is 0 Å². The molecule has 96 valence electrons. The lowest BCUT2D eigenvalue weighted by Gasteiger charge is -2.13. The maximum absolute atomic E-state index is 11.0. The second-order valence-electron chi connectivity index (χ2n) is 3.11. The van der Waals surface area contributed by atoms with Crippen molar-refractivity contribution in [3.8, 4) is 17.2 Å². The lowest BCUT2D eigenvalue weighted by atomic mass is 10.2. The highest BCUT2D eigenvalue weighted by Crippen LogP contribution is 2.43. The van der Waals surface area contributed by atoms with Crippen LogP contribution >= 0.6 is 22.3 Å². The molecule has 0 aliphatic carbocycles. The fourth-order valence-electron chi connectivity index (χ4n) is 1.29. The molecule has 0 spiro atoms. The van der Waals surface area contributed by atoms with Gasteiger partial charge < -0.3 is 14.6 Å². The van der Waals surface area contributed by atoms with Gasteiger partial charge in [0, 0.05) is 22.3 Å². The van der Waals surface area contributed by atoms with Crippen LogP contribution in [0, 0.1) is 0 Å². The van der Waals surface area contributed by atoms with Crippen LogP contribution in [0.15, 0.2) is 6.07 Å². The van der Waals surface area contributed by atoms with Gasteiger partial charge in [0.15, 0.2) is 11.5 Å². The van der Waals surface area contributed by atoms with E-state index in [-0.39, 0.29) is 27.8 Å². The molecule has 0 fully saturated rings. The van der Waals surface area contributed by atoms with Gasteiger partial charge in [-0.15, -0.1) is 0 Å². The van der Waals surface area contributed by atoms with Crippen molar-refractivity contribution in [1.29, 1.82) is 0 Å². The monoisotopic (exact) mass is 300 g/mol. The molecule has 1 aromatic carbocycles. The largest absolute Gasteiger partial charge is 0.507 e. The van der Waals surface area contributed by atoms with Gasteiger partial charge in [0.1, 0.15) is 5.75 Å². The summed E-state index contributed by atoms with van der Waals surface area (Å²) < 4.78 is 31.9. The maximum Gasteiger partial charge on any atom is 0.236 e. The minimum Gasteiger partial charge on any atom is -0.507 e. The third kappa shape index (κ3) is 3.31. The SMILES string of the molecule is COc1cc(O)c(CS(=O)(=O)Cl)c(Cl)c1OC. The van der Waals surface area contributed by atoms with Gasteiger partial charge in [-0.1, -0.05) is 11.6 Å². The highest BCUT2D eigenvalue weighted by molar-refractivity contribution is 8.13.